The van der Waals surface area contributed by atoms with Crippen molar-refractivity contribution in [2.24, 2.45) is 0 Å². The van der Waals surface area contributed by atoms with Crippen molar-refractivity contribution in [1.29, 1.82) is 0 Å². The Morgan fingerprint density at radius 2 is 1.78 bits per heavy atom. The number of carbonyl (C=O) groups excluding carboxylic acids is 1. The Balaban J connectivity index is 2.39. The molecule has 2 aromatic carbocycles. The van der Waals surface area contributed by atoms with E-state index in [0.29, 0.717) is 0 Å². The first kappa shape index (κ1) is 15.6. The zero-order valence-electron chi connectivity index (χ0n) is 13.2. The summed E-state index contributed by atoms with van der Waals surface area (Å²) in [5.74, 6) is 0.676. The largest absolute Gasteiger partial charge is 0.355 e. The molecule has 23 heavy (non-hydrogen) atoms. The topological polar surface area (TPSA) is 42.0 Å². The lowest BCUT2D eigenvalue weighted by Gasteiger charge is -2.16. The molecule has 3 nitrogen and oxygen atoms in total. The molecule has 0 bridgehead atoms. The smallest absolute Gasteiger partial charge is 0.252 e. The Bertz CT molecular complexity index is 847. The van der Waals surface area contributed by atoms with Gasteiger partial charge in [0, 0.05) is 29.3 Å². The maximum atomic E-state index is 12.6. The Hall–Kier alpha value is -2.33. The van der Waals surface area contributed by atoms with Crippen LogP contribution in [0.3, 0.4) is 0 Å². The second kappa shape index (κ2) is 6.84. The van der Waals surface area contributed by atoms with Crippen molar-refractivity contribution in [2.45, 2.75) is 5.75 Å². The summed E-state index contributed by atoms with van der Waals surface area (Å²) in [6.45, 7) is 0. The Morgan fingerprint density at radius 3 is 2.48 bits per heavy atom. The summed E-state index contributed by atoms with van der Waals surface area (Å²) >= 11 is 1.69. The normalized spacial score (nSPS) is 10.7. The number of thioether (sulfide) groups is 1. The van der Waals surface area contributed by atoms with Gasteiger partial charge in [-0.15, -0.1) is 0 Å². The number of amides is 1. The summed E-state index contributed by atoms with van der Waals surface area (Å²) in [7, 11) is 1.67. The summed E-state index contributed by atoms with van der Waals surface area (Å²) in [5.41, 5.74) is 4.48. The number of para-hydroxylation sites is 1. The van der Waals surface area contributed by atoms with Crippen molar-refractivity contribution in [2.75, 3.05) is 13.3 Å². The van der Waals surface area contributed by atoms with Gasteiger partial charge in [-0.25, -0.2) is 4.98 Å². The third-order valence-electron chi connectivity index (χ3n) is 3.78. The molecule has 0 saturated heterocycles. The van der Waals surface area contributed by atoms with Crippen molar-refractivity contribution >= 4 is 28.6 Å². The standard InChI is InChI=1S/C19H18N2OS/c1-20-19(22)17-14-10-6-7-11-16(14)21-18(15(17)12-23-2)13-8-4-3-5-9-13/h3-11H,12H2,1-2H3,(H,20,22). The van der Waals surface area contributed by atoms with E-state index in [1.165, 1.54) is 0 Å². The van der Waals surface area contributed by atoms with Gasteiger partial charge in [0.1, 0.15) is 0 Å². The fourth-order valence-corrected chi connectivity index (χ4v) is 3.33. The Morgan fingerprint density at radius 1 is 1.09 bits per heavy atom. The Kier molecular flexibility index (Phi) is 4.63. The number of aromatic nitrogens is 1. The molecule has 4 heteroatoms. The van der Waals surface area contributed by atoms with Gasteiger partial charge in [0.15, 0.2) is 0 Å². The number of nitrogens with one attached hydrogen (secondary N) is 1. The van der Waals surface area contributed by atoms with E-state index in [4.69, 9.17) is 4.98 Å². The molecule has 3 aromatic rings. The van der Waals surface area contributed by atoms with Crippen molar-refractivity contribution in [3.8, 4) is 11.3 Å². The minimum absolute atomic E-state index is 0.0650. The summed E-state index contributed by atoms with van der Waals surface area (Å²) < 4.78 is 0. The van der Waals surface area contributed by atoms with Crippen molar-refractivity contribution < 1.29 is 4.79 Å². The van der Waals surface area contributed by atoms with Gasteiger partial charge in [0.2, 0.25) is 0 Å². The van der Waals surface area contributed by atoms with E-state index >= 15 is 0 Å². The molecule has 1 heterocycles. The van der Waals surface area contributed by atoms with Gasteiger partial charge in [-0.2, -0.15) is 11.8 Å². The van der Waals surface area contributed by atoms with Crippen LogP contribution in [0, 0.1) is 0 Å². The zero-order valence-corrected chi connectivity index (χ0v) is 14.0. The number of hydrogen-bond donors (Lipinski definition) is 1. The molecule has 0 aliphatic carbocycles. The number of benzene rings is 2. The molecule has 0 aliphatic heterocycles. The molecular weight excluding hydrogens is 304 g/mol. The van der Waals surface area contributed by atoms with Crippen LogP contribution >= 0.6 is 11.8 Å². The molecule has 0 unspecified atom stereocenters. The second-order valence-electron chi connectivity index (χ2n) is 5.21. The zero-order chi connectivity index (χ0) is 16.2. The molecule has 0 saturated carbocycles. The first-order chi connectivity index (χ1) is 11.3. The molecule has 0 fully saturated rings. The van der Waals surface area contributed by atoms with Crippen LogP contribution in [0.5, 0.6) is 0 Å². The molecule has 1 amide bonds. The minimum Gasteiger partial charge on any atom is -0.355 e. The van der Waals surface area contributed by atoms with Gasteiger partial charge in [-0.3, -0.25) is 4.79 Å². The molecule has 1 N–H and O–H groups in total. The number of fused-ring (bicyclic) bond motifs is 1. The lowest BCUT2D eigenvalue weighted by Crippen LogP contribution is -2.21. The Labute approximate surface area is 140 Å². The molecule has 3 rings (SSSR count). The number of nitrogens with zero attached hydrogens (tertiary/aromatic N) is 1. The molecule has 0 spiro atoms. The van der Waals surface area contributed by atoms with E-state index in [-0.39, 0.29) is 5.91 Å². The van der Waals surface area contributed by atoms with Crippen LogP contribution in [0.15, 0.2) is 54.6 Å². The van der Waals surface area contributed by atoms with Gasteiger partial charge in [-0.1, -0.05) is 48.5 Å². The summed E-state index contributed by atoms with van der Waals surface area (Å²) in [6, 6.07) is 17.9. The van der Waals surface area contributed by atoms with Crippen LogP contribution in [-0.4, -0.2) is 24.2 Å². The highest BCUT2D eigenvalue weighted by Gasteiger charge is 2.20. The summed E-state index contributed by atoms with van der Waals surface area (Å²) in [5, 5.41) is 3.67. The van der Waals surface area contributed by atoms with E-state index in [1.54, 1.807) is 18.8 Å². The predicted octanol–water partition coefficient (Wildman–Crippen LogP) is 4.12. The number of pyridine rings is 1. The highest BCUT2D eigenvalue weighted by molar-refractivity contribution is 7.97. The van der Waals surface area contributed by atoms with Crippen molar-refractivity contribution in [3.05, 3.63) is 65.7 Å². The molecule has 0 radical (unpaired) electrons. The van der Waals surface area contributed by atoms with Crippen molar-refractivity contribution in [1.82, 2.24) is 10.3 Å². The fourth-order valence-electron chi connectivity index (χ4n) is 2.76. The van der Waals surface area contributed by atoms with Gasteiger partial charge < -0.3 is 5.32 Å². The summed E-state index contributed by atoms with van der Waals surface area (Å²) in [4.78, 5) is 17.4. The van der Waals surface area contributed by atoms with E-state index in [9.17, 15) is 4.79 Å². The highest BCUT2D eigenvalue weighted by Crippen LogP contribution is 2.32. The van der Waals surface area contributed by atoms with Crippen LogP contribution in [0.2, 0.25) is 0 Å². The highest BCUT2D eigenvalue weighted by atomic mass is 32.2. The van der Waals surface area contributed by atoms with Crippen LogP contribution < -0.4 is 5.32 Å². The van der Waals surface area contributed by atoms with Gasteiger partial charge in [0.05, 0.1) is 16.8 Å². The number of carbonyl (C=O) groups is 1. The van der Waals surface area contributed by atoms with Crippen LogP contribution in [0.1, 0.15) is 15.9 Å². The van der Waals surface area contributed by atoms with Gasteiger partial charge >= 0.3 is 0 Å². The lowest BCUT2D eigenvalue weighted by molar-refractivity contribution is 0.0964. The van der Waals surface area contributed by atoms with Crippen LogP contribution in [0.4, 0.5) is 0 Å². The molecule has 0 atom stereocenters. The maximum absolute atomic E-state index is 12.6. The average molecular weight is 322 g/mol. The average Bonchev–Trinajstić information content (AvgIpc) is 2.61. The lowest BCUT2D eigenvalue weighted by atomic mass is 9.97. The SMILES string of the molecule is CNC(=O)c1c(CSC)c(-c2ccccc2)nc2ccccc12. The third-order valence-corrected chi connectivity index (χ3v) is 4.36. The van der Waals surface area contributed by atoms with Gasteiger partial charge in [0.25, 0.3) is 5.91 Å². The van der Waals surface area contributed by atoms with Crippen LogP contribution in [-0.2, 0) is 5.75 Å². The quantitative estimate of drug-likeness (QED) is 0.785. The third kappa shape index (κ3) is 2.94. The van der Waals surface area contributed by atoms with Crippen LogP contribution in [0.25, 0.3) is 22.2 Å². The molecule has 116 valence electrons. The number of rotatable bonds is 4. The van der Waals surface area contributed by atoms with Crippen molar-refractivity contribution in [3.63, 3.8) is 0 Å². The number of hydrogen-bond acceptors (Lipinski definition) is 3. The van der Waals surface area contributed by atoms with Gasteiger partial charge in [-0.05, 0) is 12.3 Å². The molecule has 1 aromatic heterocycles. The molecule has 0 aliphatic rings. The monoisotopic (exact) mass is 322 g/mol. The minimum atomic E-state index is -0.0650. The van der Waals surface area contributed by atoms with E-state index in [1.807, 2.05) is 60.9 Å². The van der Waals surface area contributed by atoms with E-state index in [0.717, 1.165) is 39.0 Å². The van der Waals surface area contributed by atoms with E-state index in [2.05, 4.69) is 5.32 Å². The fraction of sp³-hybridized carbons (Fsp3) is 0.158. The first-order valence-corrected chi connectivity index (χ1v) is 8.83. The molecular formula is C19H18N2OS. The van der Waals surface area contributed by atoms with E-state index < -0.39 is 0 Å². The summed E-state index contributed by atoms with van der Waals surface area (Å²) in [6.07, 6.45) is 2.04. The first-order valence-electron chi connectivity index (χ1n) is 7.44. The predicted molar refractivity (Wildman–Crippen MR) is 97.8 cm³/mol. The maximum Gasteiger partial charge on any atom is 0.252 e. The second-order valence-corrected chi connectivity index (χ2v) is 6.08.